The van der Waals surface area contributed by atoms with Crippen molar-refractivity contribution >= 4 is 27.5 Å². The average molecular weight is 282 g/mol. The van der Waals surface area contributed by atoms with Gasteiger partial charge in [-0.2, -0.15) is 0 Å². The van der Waals surface area contributed by atoms with E-state index in [-0.39, 0.29) is 0 Å². The maximum absolute atomic E-state index is 12.4. The SMILES string of the molecule is Cc1sc2[nH]c(=O)n(C(C)(C)C(=O)O)c(=O)c2c1C. The van der Waals surface area contributed by atoms with Crippen LogP contribution in [0.25, 0.3) is 10.2 Å². The van der Waals surface area contributed by atoms with E-state index in [1.54, 1.807) is 6.92 Å². The number of rotatable bonds is 2. The smallest absolute Gasteiger partial charge is 0.330 e. The third-order valence-electron chi connectivity index (χ3n) is 3.31. The van der Waals surface area contributed by atoms with Gasteiger partial charge in [-0.3, -0.25) is 9.78 Å². The molecule has 2 aromatic rings. The van der Waals surface area contributed by atoms with Crippen LogP contribution in [-0.2, 0) is 10.3 Å². The zero-order chi connectivity index (χ0) is 14.5. The van der Waals surface area contributed by atoms with Crippen LogP contribution in [0, 0.1) is 13.8 Å². The lowest BCUT2D eigenvalue weighted by atomic mass is 10.1. The van der Waals surface area contributed by atoms with Crippen LogP contribution in [0.15, 0.2) is 9.59 Å². The first-order valence-corrected chi connectivity index (χ1v) is 6.48. The Kier molecular flexibility index (Phi) is 2.89. The fourth-order valence-electron chi connectivity index (χ4n) is 1.93. The molecule has 7 heteroatoms. The molecule has 0 fully saturated rings. The lowest BCUT2D eigenvalue weighted by Gasteiger charge is -2.21. The van der Waals surface area contributed by atoms with E-state index in [0.29, 0.717) is 10.2 Å². The van der Waals surface area contributed by atoms with E-state index in [2.05, 4.69) is 4.98 Å². The van der Waals surface area contributed by atoms with Crippen molar-refractivity contribution in [3.8, 4) is 0 Å². The van der Waals surface area contributed by atoms with Gasteiger partial charge in [0.15, 0.2) is 0 Å². The monoisotopic (exact) mass is 282 g/mol. The molecule has 0 radical (unpaired) electrons. The molecule has 0 atom stereocenters. The van der Waals surface area contributed by atoms with Crippen molar-refractivity contribution in [2.45, 2.75) is 33.2 Å². The maximum Gasteiger partial charge on any atom is 0.330 e. The van der Waals surface area contributed by atoms with E-state index < -0.39 is 22.8 Å². The molecular weight excluding hydrogens is 268 g/mol. The summed E-state index contributed by atoms with van der Waals surface area (Å²) in [4.78, 5) is 39.6. The minimum Gasteiger partial charge on any atom is -0.480 e. The summed E-state index contributed by atoms with van der Waals surface area (Å²) in [5.41, 5.74) is -2.09. The molecule has 2 N–H and O–H groups in total. The van der Waals surface area contributed by atoms with E-state index in [4.69, 9.17) is 0 Å². The van der Waals surface area contributed by atoms with Crippen LogP contribution >= 0.6 is 11.3 Å². The molecule has 0 aliphatic heterocycles. The van der Waals surface area contributed by atoms with Gasteiger partial charge in [-0.25, -0.2) is 14.2 Å². The van der Waals surface area contributed by atoms with Crippen LogP contribution in [-0.4, -0.2) is 20.6 Å². The number of fused-ring (bicyclic) bond motifs is 1. The van der Waals surface area contributed by atoms with Crippen molar-refractivity contribution in [2.24, 2.45) is 0 Å². The van der Waals surface area contributed by atoms with Crippen molar-refractivity contribution in [3.63, 3.8) is 0 Å². The number of carbonyl (C=O) groups is 1. The van der Waals surface area contributed by atoms with E-state index in [0.717, 1.165) is 15.0 Å². The predicted octanol–water partition coefficient (Wildman–Crippen LogP) is 1.19. The van der Waals surface area contributed by atoms with Crippen LogP contribution < -0.4 is 11.2 Å². The van der Waals surface area contributed by atoms with Gasteiger partial charge in [-0.15, -0.1) is 11.3 Å². The molecular formula is C12H14N2O4S. The molecule has 0 spiro atoms. The van der Waals surface area contributed by atoms with Crippen molar-refractivity contribution < 1.29 is 9.90 Å². The molecule has 6 nitrogen and oxygen atoms in total. The Bertz CT molecular complexity index is 794. The van der Waals surface area contributed by atoms with Gasteiger partial charge >= 0.3 is 11.7 Å². The van der Waals surface area contributed by atoms with Crippen LogP contribution in [0.4, 0.5) is 0 Å². The highest BCUT2D eigenvalue weighted by Gasteiger charge is 2.33. The highest BCUT2D eigenvalue weighted by atomic mass is 32.1. The Morgan fingerprint density at radius 1 is 1.32 bits per heavy atom. The first-order chi connectivity index (χ1) is 8.67. The Morgan fingerprint density at radius 3 is 2.42 bits per heavy atom. The summed E-state index contributed by atoms with van der Waals surface area (Å²) >= 11 is 1.32. The van der Waals surface area contributed by atoms with Gasteiger partial charge in [0, 0.05) is 4.88 Å². The van der Waals surface area contributed by atoms with E-state index in [1.807, 2.05) is 6.92 Å². The van der Waals surface area contributed by atoms with Crippen LogP contribution in [0.5, 0.6) is 0 Å². The lowest BCUT2D eigenvalue weighted by Crippen LogP contribution is -2.50. The first kappa shape index (κ1) is 13.5. The van der Waals surface area contributed by atoms with Crippen molar-refractivity contribution in [1.82, 2.24) is 9.55 Å². The second-order valence-corrected chi connectivity index (χ2v) is 6.15. The normalized spacial score (nSPS) is 12.0. The van der Waals surface area contributed by atoms with E-state index >= 15 is 0 Å². The Hall–Kier alpha value is -1.89. The number of nitrogens with one attached hydrogen (secondary N) is 1. The molecule has 0 bridgehead atoms. The summed E-state index contributed by atoms with van der Waals surface area (Å²) in [6.07, 6.45) is 0. The number of carboxylic acid groups (broad SMARTS) is 1. The lowest BCUT2D eigenvalue weighted by molar-refractivity contribution is -0.146. The highest BCUT2D eigenvalue weighted by molar-refractivity contribution is 7.18. The number of H-pyrrole nitrogens is 1. The van der Waals surface area contributed by atoms with Gasteiger partial charge in [0.05, 0.1) is 5.39 Å². The Balaban J connectivity index is 3.00. The molecule has 0 saturated carbocycles. The molecule has 2 rings (SSSR count). The largest absolute Gasteiger partial charge is 0.480 e. The fraction of sp³-hybridized carbons (Fsp3) is 0.417. The van der Waals surface area contributed by atoms with Gasteiger partial charge < -0.3 is 5.11 Å². The number of hydrogen-bond acceptors (Lipinski definition) is 4. The number of nitrogens with zero attached hydrogens (tertiary/aromatic N) is 1. The van der Waals surface area contributed by atoms with Gasteiger partial charge in [0.25, 0.3) is 5.56 Å². The summed E-state index contributed by atoms with van der Waals surface area (Å²) in [5.74, 6) is -1.23. The third-order valence-corrected chi connectivity index (χ3v) is 4.43. The third kappa shape index (κ3) is 1.81. The quantitative estimate of drug-likeness (QED) is 0.865. The number of aromatic nitrogens is 2. The summed E-state index contributed by atoms with van der Waals surface area (Å²) in [5, 5.41) is 9.57. The molecule has 0 aliphatic carbocycles. The van der Waals surface area contributed by atoms with E-state index in [1.165, 1.54) is 25.2 Å². The van der Waals surface area contributed by atoms with Gasteiger partial charge in [-0.1, -0.05) is 0 Å². The van der Waals surface area contributed by atoms with Crippen LogP contribution in [0.3, 0.4) is 0 Å². The molecule has 0 saturated heterocycles. The summed E-state index contributed by atoms with van der Waals surface area (Å²) in [6.45, 7) is 6.29. The van der Waals surface area contributed by atoms with Gasteiger partial charge in [0.2, 0.25) is 0 Å². The average Bonchev–Trinajstić information content (AvgIpc) is 2.53. The number of aromatic amines is 1. The summed E-state index contributed by atoms with van der Waals surface area (Å²) in [6, 6.07) is 0. The minimum atomic E-state index is -1.60. The molecule has 2 aromatic heterocycles. The standard InChI is InChI=1S/C12H14N2O4S/c1-5-6(2)19-8-7(5)9(15)14(11(18)13-8)12(3,4)10(16)17/h1-4H3,(H,13,18)(H,16,17). The minimum absolute atomic E-state index is 0.386. The maximum atomic E-state index is 12.4. The molecule has 2 heterocycles. The molecule has 0 unspecified atom stereocenters. The molecule has 0 amide bonds. The van der Waals surface area contributed by atoms with Crippen LogP contribution in [0.1, 0.15) is 24.3 Å². The number of aliphatic carboxylic acids is 1. The Morgan fingerprint density at radius 2 is 1.89 bits per heavy atom. The fourth-order valence-corrected chi connectivity index (χ4v) is 2.98. The van der Waals surface area contributed by atoms with Crippen molar-refractivity contribution in [2.75, 3.05) is 0 Å². The number of hydrogen-bond donors (Lipinski definition) is 2. The first-order valence-electron chi connectivity index (χ1n) is 5.67. The van der Waals surface area contributed by atoms with Gasteiger partial charge in [-0.05, 0) is 33.3 Å². The van der Waals surface area contributed by atoms with Crippen molar-refractivity contribution in [1.29, 1.82) is 0 Å². The summed E-state index contributed by atoms with van der Waals surface area (Å²) < 4.78 is 0.761. The second-order valence-electron chi connectivity index (χ2n) is 4.92. The van der Waals surface area contributed by atoms with Crippen LogP contribution in [0.2, 0.25) is 0 Å². The van der Waals surface area contributed by atoms with Crippen molar-refractivity contribution in [3.05, 3.63) is 31.3 Å². The number of thiophene rings is 1. The predicted molar refractivity (Wildman–Crippen MR) is 73.1 cm³/mol. The Labute approximate surface area is 112 Å². The zero-order valence-electron chi connectivity index (χ0n) is 11.0. The molecule has 102 valence electrons. The molecule has 19 heavy (non-hydrogen) atoms. The molecule has 0 aromatic carbocycles. The number of aryl methyl sites for hydroxylation is 2. The second kappa shape index (κ2) is 4.06. The zero-order valence-corrected chi connectivity index (χ0v) is 11.8. The highest BCUT2D eigenvalue weighted by Crippen LogP contribution is 2.25. The van der Waals surface area contributed by atoms with Gasteiger partial charge in [0.1, 0.15) is 10.4 Å². The molecule has 0 aliphatic rings. The number of carboxylic acids is 1. The summed E-state index contributed by atoms with van der Waals surface area (Å²) in [7, 11) is 0. The topological polar surface area (TPSA) is 92.2 Å². The van der Waals surface area contributed by atoms with E-state index in [9.17, 15) is 19.5 Å².